The normalized spacial score (nSPS) is 11.3. The van der Waals surface area contributed by atoms with E-state index >= 15 is 0 Å². The highest BCUT2D eigenvalue weighted by Gasteiger charge is 2.22. The van der Waals surface area contributed by atoms with E-state index < -0.39 is 44.8 Å². The van der Waals surface area contributed by atoms with Gasteiger partial charge in [-0.3, -0.25) is 9.52 Å². The van der Waals surface area contributed by atoms with E-state index in [2.05, 4.69) is 10.3 Å². The van der Waals surface area contributed by atoms with Gasteiger partial charge in [-0.25, -0.2) is 23.3 Å². The molecule has 0 bridgehead atoms. The van der Waals surface area contributed by atoms with Gasteiger partial charge in [0.25, 0.3) is 16.1 Å². The Balaban J connectivity index is 2.01. The van der Waals surface area contributed by atoms with E-state index in [4.69, 9.17) is 10.9 Å². The SMILES string of the molecule is Cc1ccc(Nc2c(C(N)=O)cc(Cc3ccnc(NS(N)(=O)=O)c3)c(F)c2F)c(F)c1. The molecule has 0 aliphatic heterocycles. The van der Waals surface area contributed by atoms with Crippen molar-refractivity contribution < 1.29 is 26.4 Å². The first-order valence-corrected chi connectivity index (χ1v) is 10.6. The molecule has 1 aromatic heterocycles. The van der Waals surface area contributed by atoms with Crippen LogP contribution in [-0.4, -0.2) is 19.3 Å². The lowest BCUT2D eigenvalue weighted by molar-refractivity contribution is 0.100. The standard InChI is InChI=1S/C20H18F3N5O3S/c1-10-2-3-15(14(21)6-10)27-19-13(20(24)29)9-12(17(22)18(19)23)7-11-4-5-26-16(8-11)28-32(25,30)31/h2-6,8-9,27H,7H2,1H3,(H2,24,29)(H,26,28)(H2,25,30,31). The fourth-order valence-electron chi connectivity index (χ4n) is 2.99. The number of nitrogens with zero attached hydrogens (tertiary/aromatic N) is 1. The number of aryl methyl sites for hydroxylation is 1. The lowest BCUT2D eigenvalue weighted by atomic mass is 10.00. The van der Waals surface area contributed by atoms with Crippen LogP contribution in [0.4, 0.5) is 30.4 Å². The number of rotatable bonds is 7. The molecular weight excluding hydrogens is 447 g/mol. The number of aromatic nitrogens is 1. The van der Waals surface area contributed by atoms with E-state index in [9.17, 15) is 26.4 Å². The predicted molar refractivity (Wildman–Crippen MR) is 113 cm³/mol. The molecule has 12 heteroatoms. The van der Waals surface area contributed by atoms with Gasteiger partial charge in [0.05, 0.1) is 16.9 Å². The molecule has 0 fully saturated rings. The largest absolute Gasteiger partial charge is 0.366 e. The quantitative estimate of drug-likeness (QED) is 0.425. The fourth-order valence-corrected chi connectivity index (χ4v) is 3.39. The van der Waals surface area contributed by atoms with Crippen LogP contribution in [0, 0.1) is 24.4 Å². The third-order valence-electron chi connectivity index (χ3n) is 4.40. The molecule has 3 aromatic rings. The topological polar surface area (TPSA) is 140 Å². The second-order valence-electron chi connectivity index (χ2n) is 6.93. The van der Waals surface area contributed by atoms with E-state index in [-0.39, 0.29) is 23.5 Å². The average Bonchev–Trinajstić information content (AvgIpc) is 2.68. The van der Waals surface area contributed by atoms with E-state index in [1.165, 1.54) is 30.5 Å². The van der Waals surface area contributed by atoms with Crippen molar-refractivity contribution in [3.63, 3.8) is 0 Å². The third kappa shape index (κ3) is 5.34. The number of amides is 1. The molecule has 0 saturated heterocycles. The van der Waals surface area contributed by atoms with Crippen molar-refractivity contribution in [1.82, 2.24) is 4.98 Å². The van der Waals surface area contributed by atoms with Crippen LogP contribution in [0.15, 0.2) is 42.6 Å². The molecule has 1 amide bonds. The van der Waals surface area contributed by atoms with E-state index in [0.717, 1.165) is 6.07 Å². The molecule has 0 spiro atoms. The summed E-state index contributed by atoms with van der Waals surface area (Å²) in [6.45, 7) is 1.65. The molecule has 0 unspecified atom stereocenters. The van der Waals surface area contributed by atoms with Crippen LogP contribution in [0.25, 0.3) is 0 Å². The predicted octanol–water partition coefficient (Wildman–Crippen LogP) is 2.86. The summed E-state index contributed by atoms with van der Waals surface area (Å²) >= 11 is 0. The van der Waals surface area contributed by atoms with E-state index in [0.29, 0.717) is 11.1 Å². The summed E-state index contributed by atoms with van der Waals surface area (Å²) in [7, 11) is -4.09. The van der Waals surface area contributed by atoms with E-state index in [1.54, 1.807) is 13.0 Å². The number of benzene rings is 2. The van der Waals surface area contributed by atoms with Gasteiger partial charge in [0.1, 0.15) is 11.6 Å². The smallest absolute Gasteiger partial charge is 0.297 e. The number of anilines is 3. The van der Waals surface area contributed by atoms with Gasteiger partial charge in [0.2, 0.25) is 0 Å². The molecule has 32 heavy (non-hydrogen) atoms. The van der Waals surface area contributed by atoms with Crippen LogP contribution < -0.4 is 20.9 Å². The second kappa shape index (κ2) is 8.85. The average molecular weight is 465 g/mol. The van der Waals surface area contributed by atoms with Gasteiger partial charge in [-0.2, -0.15) is 8.42 Å². The van der Waals surface area contributed by atoms with Crippen LogP contribution in [0.1, 0.15) is 27.0 Å². The molecule has 0 saturated carbocycles. The third-order valence-corrected chi connectivity index (χ3v) is 4.89. The number of hydrogen-bond donors (Lipinski definition) is 4. The molecule has 2 aromatic carbocycles. The van der Waals surface area contributed by atoms with Crippen LogP contribution >= 0.6 is 0 Å². The highest BCUT2D eigenvalue weighted by molar-refractivity contribution is 7.90. The molecule has 168 valence electrons. The van der Waals surface area contributed by atoms with Crippen LogP contribution in [0.5, 0.6) is 0 Å². The zero-order valence-electron chi connectivity index (χ0n) is 16.6. The number of nitrogens with two attached hydrogens (primary N) is 2. The van der Waals surface area contributed by atoms with Crippen molar-refractivity contribution in [2.75, 3.05) is 10.0 Å². The lowest BCUT2D eigenvalue weighted by Gasteiger charge is -2.15. The first kappa shape index (κ1) is 23.0. The maximum Gasteiger partial charge on any atom is 0.297 e. The summed E-state index contributed by atoms with van der Waals surface area (Å²) in [4.78, 5) is 15.7. The minimum atomic E-state index is -4.09. The van der Waals surface area contributed by atoms with Gasteiger partial charge in [0, 0.05) is 12.6 Å². The second-order valence-corrected chi connectivity index (χ2v) is 8.23. The number of halogens is 3. The summed E-state index contributed by atoms with van der Waals surface area (Å²) in [5, 5.41) is 7.29. The molecule has 1 heterocycles. The number of primary amides is 1. The number of carbonyl (C=O) groups excluding carboxylic acids is 1. The monoisotopic (exact) mass is 465 g/mol. The zero-order valence-corrected chi connectivity index (χ0v) is 17.4. The molecule has 8 nitrogen and oxygen atoms in total. The van der Waals surface area contributed by atoms with Crippen LogP contribution in [0.3, 0.4) is 0 Å². The molecule has 0 atom stereocenters. The van der Waals surface area contributed by atoms with Crippen molar-refractivity contribution in [3.05, 3.63) is 82.3 Å². The van der Waals surface area contributed by atoms with Gasteiger partial charge in [-0.05, 0) is 53.9 Å². The van der Waals surface area contributed by atoms with Gasteiger partial charge in [-0.1, -0.05) is 6.07 Å². The maximum absolute atomic E-state index is 14.9. The zero-order chi connectivity index (χ0) is 23.6. The van der Waals surface area contributed by atoms with Crippen molar-refractivity contribution in [3.8, 4) is 0 Å². The Bertz CT molecular complexity index is 1320. The van der Waals surface area contributed by atoms with Gasteiger partial charge < -0.3 is 11.1 Å². The Hall–Kier alpha value is -3.64. The summed E-state index contributed by atoms with van der Waals surface area (Å²) in [5.41, 5.74) is 4.89. The Labute approximate surface area is 181 Å². The van der Waals surface area contributed by atoms with Crippen LogP contribution in [0.2, 0.25) is 0 Å². The Morgan fingerprint density at radius 1 is 1.09 bits per heavy atom. The minimum absolute atomic E-state index is 0.130. The Morgan fingerprint density at radius 3 is 2.44 bits per heavy atom. The van der Waals surface area contributed by atoms with Crippen molar-refractivity contribution in [2.45, 2.75) is 13.3 Å². The number of carbonyl (C=O) groups is 1. The minimum Gasteiger partial charge on any atom is -0.366 e. The Morgan fingerprint density at radius 2 is 1.81 bits per heavy atom. The fraction of sp³-hybridized carbons (Fsp3) is 0.100. The van der Waals surface area contributed by atoms with E-state index in [1.807, 2.05) is 4.72 Å². The number of hydrogen-bond acceptors (Lipinski definition) is 5. The van der Waals surface area contributed by atoms with Crippen molar-refractivity contribution in [1.29, 1.82) is 0 Å². The molecule has 6 N–H and O–H groups in total. The molecule has 0 aliphatic rings. The Kier molecular flexibility index (Phi) is 6.37. The summed E-state index contributed by atoms with van der Waals surface area (Å²) in [6, 6.07) is 7.79. The summed E-state index contributed by atoms with van der Waals surface area (Å²) < 4.78 is 68.1. The molecule has 0 radical (unpaired) electrons. The lowest BCUT2D eigenvalue weighted by Crippen LogP contribution is -2.22. The maximum atomic E-state index is 14.9. The van der Waals surface area contributed by atoms with Crippen LogP contribution in [-0.2, 0) is 16.6 Å². The van der Waals surface area contributed by atoms with Crippen molar-refractivity contribution in [2.24, 2.45) is 10.9 Å². The first-order chi connectivity index (χ1) is 14.9. The molecule has 0 aliphatic carbocycles. The van der Waals surface area contributed by atoms with Gasteiger partial charge in [0.15, 0.2) is 11.6 Å². The number of pyridine rings is 1. The molecule has 3 rings (SSSR count). The van der Waals surface area contributed by atoms with Gasteiger partial charge in [-0.15, -0.1) is 0 Å². The number of nitrogens with one attached hydrogen (secondary N) is 2. The highest BCUT2D eigenvalue weighted by Crippen LogP contribution is 2.31. The van der Waals surface area contributed by atoms with Gasteiger partial charge >= 0.3 is 0 Å². The van der Waals surface area contributed by atoms with Crippen molar-refractivity contribution >= 4 is 33.3 Å². The summed E-state index contributed by atoms with van der Waals surface area (Å²) in [6.07, 6.45) is 1.01. The molecular formula is C20H18F3N5O3S. The summed E-state index contributed by atoms with van der Waals surface area (Å²) in [5.74, 6) is -4.63. The highest BCUT2D eigenvalue weighted by atomic mass is 32.2. The first-order valence-electron chi connectivity index (χ1n) is 9.04.